The predicted molar refractivity (Wildman–Crippen MR) is 84.0 cm³/mol. The number of aromatic carboxylic acids is 1. The summed E-state index contributed by atoms with van der Waals surface area (Å²) in [5.41, 5.74) is -0.762. The van der Waals surface area contributed by atoms with Crippen molar-refractivity contribution in [3.8, 4) is 5.75 Å². The van der Waals surface area contributed by atoms with E-state index in [0.717, 1.165) is 6.07 Å². The highest BCUT2D eigenvalue weighted by Gasteiger charge is 2.34. The molecule has 0 atom stereocenters. The van der Waals surface area contributed by atoms with Crippen molar-refractivity contribution in [2.24, 2.45) is 0 Å². The van der Waals surface area contributed by atoms with Crippen LogP contribution in [0, 0.1) is 0 Å². The normalized spacial score (nSPS) is 11.4. The van der Waals surface area contributed by atoms with Crippen LogP contribution in [-0.4, -0.2) is 18.2 Å². The van der Waals surface area contributed by atoms with Crippen LogP contribution in [0.4, 0.5) is 17.6 Å². The van der Waals surface area contributed by atoms with Gasteiger partial charge in [0.15, 0.2) is 0 Å². The van der Waals surface area contributed by atoms with E-state index in [0.29, 0.717) is 17.2 Å². The van der Waals surface area contributed by atoms with Gasteiger partial charge < -0.3 is 9.84 Å². The Hall–Kier alpha value is -2.28. The van der Waals surface area contributed by atoms with Crippen LogP contribution >= 0.6 is 11.6 Å². The minimum atomic E-state index is -4.72. The van der Waals surface area contributed by atoms with Crippen molar-refractivity contribution in [2.45, 2.75) is 19.3 Å². The summed E-state index contributed by atoms with van der Waals surface area (Å²) in [5.74, 6) is -1.14. The Morgan fingerprint density at radius 3 is 2.40 bits per heavy atom. The van der Waals surface area contributed by atoms with Crippen LogP contribution in [0.25, 0.3) is 0 Å². The van der Waals surface area contributed by atoms with Crippen molar-refractivity contribution in [3.05, 3.63) is 63.2 Å². The van der Waals surface area contributed by atoms with E-state index in [9.17, 15) is 27.5 Å². The molecule has 0 amide bonds. The standard InChI is InChI=1S/C17H13ClF4O3/c1-25-15-4-9(8-19)2-3-10(15)5-11-6-13(17(20,21)22)14(18)7-12(11)16(23)24/h2-4,6-7H,5,8H2,1H3,(H,23,24). The highest BCUT2D eigenvalue weighted by molar-refractivity contribution is 6.31. The molecule has 2 rings (SSSR count). The van der Waals surface area contributed by atoms with Crippen LogP contribution < -0.4 is 4.74 Å². The first-order valence-corrected chi connectivity index (χ1v) is 7.39. The van der Waals surface area contributed by atoms with Gasteiger partial charge in [-0.3, -0.25) is 0 Å². The van der Waals surface area contributed by atoms with E-state index in [1.165, 1.54) is 25.3 Å². The number of ether oxygens (including phenoxy) is 1. The topological polar surface area (TPSA) is 46.5 Å². The van der Waals surface area contributed by atoms with Crippen molar-refractivity contribution in [1.29, 1.82) is 0 Å². The predicted octanol–water partition coefficient (Wildman–Crippen LogP) is 5.13. The van der Waals surface area contributed by atoms with Crippen LogP contribution in [0.1, 0.15) is 32.6 Å². The lowest BCUT2D eigenvalue weighted by Crippen LogP contribution is -2.11. The summed E-state index contributed by atoms with van der Waals surface area (Å²) in [7, 11) is 1.34. The molecule has 0 spiro atoms. The number of carboxylic acids is 1. The highest BCUT2D eigenvalue weighted by atomic mass is 35.5. The Labute approximate surface area is 145 Å². The third-order valence-corrected chi connectivity index (χ3v) is 3.93. The molecule has 0 aromatic heterocycles. The largest absolute Gasteiger partial charge is 0.496 e. The minimum Gasteiger partial charge on any atom is -0.496 e. The maximum absolute atomic E-state index is 13.0. The lowest BCUT2D eigenvalue weighted by molar-refractivity contribution is -0.137. The fourth-order valence-electron chi connectivity index (χ4n) is 2.40. The number of hydrogen-bond acceptors (Lipinski definition) is 2. The van der Waals surface area contributed by atoms with Gasteiger partial charge in [0.05, 0.1) is 23.3 Å². The molecule has 2 aromatic rings. The van der Waals surface area contributed by atoms with Gasteiger partial charge in [0, 0.05) is 6.42 Å². The molecule has 2 aromatic carbocycles. The van der Waals surface area contributed by atoms with Crippen molar-refractivity contribution in [1.82, 2.24) is 0 Å². The number of carbonyl (C=O) groups is 1. The van der Waals surface area contributed by atoms with Crippen molar-refractivity contribution in [2.75, 3.05) is 7.11 Å². The Balaban J connectivity index is 2.56. The van der Waals surface area contributed by atoms with Gasteiger partial charge in [0.2, 0.25) is 0 Å². The molecule has 0 saturated carbocycles. The van der Waals surface area contributed by atoms with E-state index in [4.69, 9.17) is 16.3 Å². The second kappa shape index (κ2) is 7.31. The van der Waals surface area contributed by atoms with E-state index in [1.54, 1.807) is 0 Å². The molecule has 0 heterocycles. The van der Waals surface area contributed by atoms with Gasteiger partial charge >= 0.3 is 12.1 Å². The van der Waals surface area contributed by atoms with Crippen LogP contribution in [0.2, 0.25) is 5.02 Å². The molecule has 0 radical (unpaired) electrons. The van der Waals surface area contributed by atoms with Gasteiger partial charge in [0.1, 0.15) is 12.4 Å². The first-order valence-electron chi connectivity index (χ1n) is 7.02. The zero-order chi connectivity index (χ0) is 18.8. The number of rotatable bonds is 5. The maximum Gasteiger partial charge on any atom is 0.417 e. The number of methoxy groups -OCH3 is 1. The molecule has 0 unspecified atom stereocenters. The molecule has 0 fully saturated rings. The van der Waals surface area contributed by atoms with E-state index in [1.807, 2.05) is 0 Å². The average molecular weight is 377 g/mol. The molecular formula is C17H13ClF4O3. The second-order valence-corrected chi connectivity index (χ2v) is 5.66. The summed E-state index contributed by atoms with van der Waals surface area (Å²) >= 11 is 5.58. The Morgan fingerprint density at radius 1 is 1.20 bits per heavy atom. The monoisotopic (exact) mass is 376 g/mol. The first kappa shape index (κ1) is 19.1. The SMILES string of the molecule is COc1cc(CF)ccc1Cc1cc(C(F)(F)F)c(Cl)cc1C(=O)O. The van der Waals surface area contributed by atoms with Crippen molar-refractivity contribution in [3.63, 3.8) is 0 Å². The van der Waals surface area contributed by atoms with E-state index >= 15 is 0 Å². The number of halogens is 5. The third-order valence-electron chi connectivity index (χ3n) is 3.62. The van der Waals surface area contributed by atoms with E-state index in [2.05, 4.69) is 0 Å². The first-order chi connectivity index (χ1) is 11.7. The van der Waals surface area contributed by atoms with Gasteiger partial charge in [-0.2, -0.15) is 13.2 Å². The molecule has 1 N–H and O–H groups in total. The van der Waals surface area contributed by atoms with Crippen LogP contribution in [0.15, 0.2) is 30.3 Å². The summed E-state index contributed by atoms with van der Waals surface area (Å²) in [4.78, 5) is 11.4. The lowest BCUT2D eigenvalue weighted by Gasteiger charge is -2.15. The molecule has 0 saturated heterocycles. The van der Waals surface area contributed by atoms with E-state index < -0.39 is 29.4 Å². The molecule has 0 aliphatic carbocycles. The van der Waals surface area contributed by atoms with Gasteiger partial charge in [-0.15, -0.1) is 0 Å². The summed E-state index contributed by atoms with van der Waals surface area (Å²) in [6.07, 6.45) is -4.86. The molecule has 134 valence electrons. The quantitative estimate of drug-likeness (QED) is 0.736. The molecule has 0 bridgehead atoms. The second-order valence-electron chi connectivity index (χ2n) is 5.25. The molecule has 25 heavy (non-hydrogen) atoms. The maximum atomic E-state index is 13.0. The van der Waals surface area contributed by atoms with Gasteiger partial charge in [-0.05, 0) is 34.9 Å². The molecule has 3 nitrogen and oxygen atoms in total. The summed E-state index contributed by atoms with van der Waals surface area (Å²) in [6, 6.07) is 5.86. The number of alkyl halides is 4. The molecule has 0 aliphatic rings. The number of benzene rings is 2. The van der Waals surface area contributed by atoms with Crippen molar-refractivity contribution >= 4 is 17.6 Å². The third kappa shape index (κ3) is 4.22. The zero-order valence-electron chi connectivity index (χ0n) is 13.0. The Bertz CT molecular complexity index is 803. The lowest BCUT2D eigenvalue weighted by atomic mass is 9.96. The van der Waals surface area contributed by atoms with Gasteiger partial charge in [0.25, 0.3) is 0 Å². The molecular weight excluding hydrogens is 364 g/mol. The Morgan fingerprint density at radius 2 is 1.88 bits per heavy atom. The van der Waals surface area contributed by atoms with Crippen LogP contribution in [-0.2, 0) is 19.3 Å². The van der Waals surface area contributed by atoms with Crippen LogP contribution in [0.5, 0.6) is 5.75 Å². The average Bonchev–Trinajstić information content (AvgIpc) is 2.55. The van der Waals surface area contributed by atoms with Gasteiger partial charge in [-0.25, -0.2) is 9.18 Å². The molecule has 0 aliphatic heterocycles. The van der Waals surface area contributed by atoms with Crippen LogP contribution in [0.3, 0.4) is 0 Å². The molecule has 8 heteroatoms. The number of hydrogen-bond donors (Lipinski definition) is 1. The highest BCUT2D eigenvalue weighted by Crippen LogP contribution is 2.37. The summed E-state index contributed by atoms with van der Waals surface area (Å²) in [5, 5.41) is 8.56. The fourth-order valence-corrected chi connectivity index (χ4v) is 2.67. The van der Waals surface area contributed by atoms with E-state index in [-0.39, 0.29) is 23.3 Å². The Kier molecular flexibility index (Phi) is 5.57. The zero-order valence-corrected chi connectivity index (χ0v) is 13.7. The fraction of sp³-hybridized carbons (Fsp3) is 0.235. The van der Waals surface area contributed by atoms with Gasteiger partial charge in [-0.1, -0.05) is 23.7 Å². The van der Waals surface area contributed by atoms with Crippen molar-refractivity contribution < 1.29 is 32.2 Å². The summed E-state index contributed by atoms with van der Waals surface area (Å²) in [6.45, 7) is -0.726. The number of carboxylic acid groups (broad SMARTS) is 1. The smallest absolute Gasteiger partial charge is 0.417 e. The summed E-state index contributed by atoms with van der Waals surface area (Å²) < 4.78 is 57.0. The minimum absolute atomic E-state index is 0.0736.